The Bertz CT molecular complexity index is 1100. The van der Waals surface area contributed by atoms with E-state index in [0.29, 0.717) is 5.56 Å². The first-order valence-electron chi connectivity index (χ1n) is 8.30. The van der Waals surface area contributed by atoms with Crippen LogP contribution in [0.3, 0.4) is 0 Å². The van der Waals surface area contributed by atoms with Crippen molar-refractivity contribution in [3.05, 3.63) is 58.1 Å². The van der Waals surface area contributed by atoms with Gasteiger partial charge in [0.1, 0.15) is 6.54 Å². The van der Waals surface area contributed by atoms with E-state index in [0.717, 1.165) is 16.8 Å². The van der Waals surface area contributed by atoms with Crippen LogP contribution >= 0.6 is 23.2 Å². The molecule has 2 aromatic carbocycles. The quantitative estimate of drug-likeness (QED) is 0.658. The molecule has 0 radical (unpaired) electrons. The Balaban J connectivity index is 2.18. The molecule has 0 bridgehead atoms. The minimum atomic E-state index is -3.78. The van der Waals surface area contributed by atoms with Crippen molar-refractivity contribution in [1.82, 2.24) is 5.32 Å². The van der Waals surface area contributed by atoms with E-state index >= 15 is 0 Å². The number of benzene rings is 2. The van der Waals surface area contributed by atoms with Gasteiger partial charge in [-0.05, 0) is 42.8 Å². The molecule has 7 nitrogen and oxygen atoms in total. The molecule has 1 amide bonds. The highest BCUT2D eigenvalue weighted by Crippen LogP contribution is 2.27. The number of anilines is 1. The number of carbonyl (C=O) groups is 1. The number of hydrogen-bond donors (Lipinski definition) is 1. The highest BCUT2D eigenvalue weighted by molar-refractivity contribution is 7.92. The molecule has 0 aliphatic rings. The lowest BCUT2D eigenvalue weighted by Gasteiger charge is -2.23. The minimum absolute atomic E-state index is 0.167. The average molecular weight is 479 g/mol. The van der Waals surface area contributed by atoms with Gasteiger partial charge in [0, 0.05) is 16.3 Å². The Morgan fingerprint density at radius 1 is 1.00 bits per heavy atom. The summed E-state index contributed by atoms with van der Waals surface area (Å²) in [4.78, 5) is 12.6. The van der Waals surface area contributed by atoms with E-state index in [2.05, 4.69) is 5.32 Å². The van der Waals surface area contributed by atoms with Crippen LogP contribution in [0.15, 0.2) is 47.4 Å². The third-order valence-corrected chi connectivity index (χ3v) is 6.71. The molecule has 0 heterocycles. The van der Waals surface area contributed by atoms with Crippen LogP contribution in [0.4, 0.5) is 5.69 Å². The van der Waals surface area contributed by atoms with Crippen LogP contribution < -0.4 is 9.62 Å². The molecule has 11 heteroatoms. The summed E-state index contributed by atoms with van der Waals surface area (Å²) in [7, 11) is -7.10. The van der Waals surface area contributed by atoms with Gasteiger partial charge < -0.3 is 5.32 Å². The second kappa shape index (κ2) is 8.91. The number of nitrogens with zero attached hydrogens (tertiary/aromatic N) is 1. The molecule has 0 aliphatic carbocycles. The first-order valence-corrected chi connectivity index (χ1v) is 12.8. The number of carbonyl (C=O) groups excluding carboxylic acids is 1. The molecular formula is C18H20Cl2N2O5S2. The molecule has 0 unspecified atom stereocenters. The van der Waals surface area contributed by atoms with E-state index in [1.807, 2.05) is 0 Å². The third-order valence-electron chi connectivity index (χ3n) is 4.01. The Hall–Kier alpha value is -1.81. The molecule has 29 heavy (non-hydrogen) atoms. The number of sulfone groups is 1. The Morgan fingerprint density at radius 3 is 1.97 bits per heavy atom. The summed E-state index contributed by atoms with van der Waals surface area (Å²) >= 11 is 11.9. The maximum atomic E-state index is 12.5. The zero-order valence-corrected chi connectivity index (χ0v) is 19.0. The van der Waals surface area contributed by atoms with E-state index in [9.17, 15) is 21.6 Å². The zero-order valence-electron chi connectivity index (χ0n) is 15.9. The van der Waals surface area contributed by atoms with Crippen LogP contribution in [0.25, 0.3) is 0 Å². The largest absolute Gasteiger partial charge is 0.348 e. The van der Waals surface area contributed by atoms with Crippen LogP contribution in [0.1, 0.15) is 18.5 Å². The lowest BCUT2D eigenvalue weighted by molar-refractivity contribution is -0.120. The number of amides is 1. The standard InChI is InChI=1S/C18H20Cl2N2O5S2/c1-12(13-4-6-17(7-5-13)28(2,24)25)21-18(23)11-22(29(3,26)27)16-9-14(19)8-15(20)10-16/h4-10,12H,11H2,1-3H3,(H,21,23)/t12-/m1/s1. The van der Waals surface area contributed by atoms with Gasteiger partial charge in [0.05, 0.1) is 22.9 Å². The summed E-state index contributed by atoms with van der Waals surface area (Å²) in [5.41, 5.74) is 0.841. The zero-order chi connectivity index (χ0) is 22.0. The highest BCUT2D eigenvalue weighted by Gasteiger charge is 2.23. The second-order valence-corrected chi connectivity index (χ2v) is 11.3. The van der Waals surface area contributed by atoms with E-state index in [4.69, 9.17) is 23.2 Å². The van der Waals surface area contributed by atoms with Gasteiger partial charge >= 0.3 is 0 Å². The maximum Gasteiger partial charge on any atom is 0.241 e. The predicted octanol–water partition coefficient (Wildman–Crippen LogP) is 3.04. The van der Waals surface area contributed by atoms with Gasteiger partial charge in [-0.15, -0.1) is 0 Å². The van der Waals surface area contributed by atoms with Crippen molar-refractivity contribution in [3.63, 3.8) is 0 Å². The van der Waals surface area contributed by atoms with E-state index in [1.54, 1.807) is 19.1 Å². The fraction of sp³-hybridized carbons (Fsp3) is 0.278. The Kier molecular flexibility index (Phi) is 7.21. The molecule has 0 saturated heterocycles. The van der Waals surface area contributed by atoms with Crippen molar-refractivity contribution in [2.45, 2.75) is 17.9 Å². The maximum absolute atomic E-state index is 12.5. The summed E-state index contributed by atoms with van der Waals surface area (Å²) in [6.07, 6.45) is 2.08. The molecule has 0 saturated carbocycles. The highest BCUT2D eigenvalue weighted by atomic mass is 35.5. The molecule has 1 atom stereocenters. The third kappa shape index (κ3) is 6.60. The summed E-state index contributed by atoms with van der Waals surface area (Å²) in [6, 6.07) is 9.85. The lowest BCUT2D eigenvalue weighted by Crippen LogP contribution is -2.41. The minimum Gasteiger partial charge on any atom is -0.348 e. The topological polar surface area (TPSA) is 101 Å². The summed E-state index contributed by atoms with van der Waals surface area (Å²) in [5.74, 6) is -0.550. The molecule has 1 N–H and O–H groups in total. The van der Waals surface area contributed by atoms with E-state index < -0.39 is 38.4 Å². The molecule has 0 fully saturated rings. The van der Waals surface area contributed by atoms with E-state index in [1.165, 1.54) is 30.3 Å². The molecular weight excluding hydrogens is 459 g/mol. The molecule has 0 spiro atoms. The second-order valence-electron chi connectivity index (χ2n) is 6.53. The predicted molar refractivity (Wildman–Crippen MR) is 115 cm³/mol. The molecule has 0 aromatic heterocycles. The van der Waals surface area contributed by atoms with Gasteiger partial charge in [0.2, 0.25) is 15.9 Å². The van der Waals surface area contributed by atoms with Crippen molar-refractivity contribution in [2.75, 3.05) is 23.4 Å². The molecule has 2 aromatic rings. The van der Waals surface area contributed by atoms with Crippen molar-refractivity contribution >= 4 is 54.7 Å². The first-order chi connectivity index (χ1) is 13.3. The van der Waals surface area contributed by atoms with Gasteiger partial charge in [0.25, 0.3) is 0 Å². The monoisotopic (exact) mass is 478 g/mol. The smallest absolute Gasteiger partial charge is 0.241 e. The summed E-state index contributed by atoms with van der Waals surface area (Å²) < 4.78 is 48.3. The SMILES string of the molecule is C[C@@H](NC(=O)CN(c1cc(Cl)cc(Cl)c1)S(C)(=O)=O)c1ccc(S(C)(=O)=O)cc1. The fourth-order valence-corrected chi connectivity index (χ4v) is 4.57. The van der Waals surface area contributed by atoms with Gasteiger partial charge in [-0.25, -0.2) is 16.8 Å². The molecule has 158 valence electrons. The Labute approximate surface area is 180 Å². The fourth-order valence-electron chi connectivity index (χ4n) is 2.59. The van der Waals surface area contributed by atoms with E-state index in [-0.39, 0.29) is 20.6 Å². The Morgan fingerprint density at radius 2 is 1.52 bits per heavy atom. The van der Waals surface area contributed by atoms with Crippen molar-refractivity contribution < 1.29 is 21.6 Å². The van der Waals surface area contributed by atoms with Crippen LogP contribution in [0, 0.1) is 0 Å². The number of sulfonamides is 1. The van der Waals surface area contributed by atoms with Gasteiger partial charge in [-0.2, -0.15) is 0 Å². The van der Waals surface area contributed by atoms with Crippen molar-refractivity contribution in [1.29, 1.82) is 0 Å². The summed E-state index contributed by atoms with van der Waals surface area (Å²) in [5, 5.41) is 3.17. The first kappa shape index (κ1) is 23.5. The van der Waals surface area contributed by atoms with Crippen LogP contribution in [0.2, 0.25) is 10.0 Å². The van der Waals surface area contributed by atoms with Crippen LogP contribution in [0.5, 0.6) is 0 Å². The average Bonchev–Trinajstić information content (AvgIpc) is 2.57. The van der Waals surface area contributed by atoms with Gasteiger partial charge in [-0.1, -0.05) is 35.3 Å². The molecule has 2 rings (SSSR count). The summed E-state index contributed by atoms with van der Waals surface area (Å²) in [6.45, 7) is 1.23. The molecule has 0 aliphatic heterocycles. The number of hydrogen-bond acceptors (Lipinski definition) is 5. The number of nitrogens with one attached hydrogen (secondary N) is 1. The number of halogens is 2. The van der Waals surface area contributed by atoms with Crippen molar-refractivity contribution in [3.8, 4) is 0 Å². The van der Waals surface area contributed by atoms with Gasteiger partial charge in [-0.3, -0.25) is 9.10 Å². The normalized spacial score (nSPS) is 13.0. The number of rotatable bonds is 7. The van der Waals surface area contributed by atoms with Crippen LogP contribution in [-0.4, -0.2) is 41.8 Å². The van der Waals surface area contributed by atoms with Crippen LogP contribution in [-0.2, 0) is 24.7 Å². The van der Waals surface area contributed by atoms with Crippen molar-refractivity contribution in [2.24, 2.45) is 0 Å². The lowest BCUT2D eigenvalue weighted by atomic mass is 10.1. The van der Waals surface area contributed by atoms with Gasteiger partial charge in [0.15, 0.2) is 9.84 Å².